The molecule has 2 unspecified atom stereocenters. The van der Waals surface area contributed by atoms with Crippen LogP contribution in [0.2, 0.25) is 0 Å². The Morgan fingerprint density at radius 2 is 2.19 bits per heavy atom. The van der Waals surface area contributed by atoms with Crippen molar-refractivity contribution in [2.75, 3.05) is 6.54 Å². The molecule has 16 heavy (non-hydrogen) atoms. The van der Waals surface area contributed by atoms with Gasteiger partial charge in [0.2, 0.25) is 5.91 Å². The normalized spacial score (nSPS) is 22.2. The van der Waals surface area contributed by atoms with Gasteiger partial charge in [-0.15, -0.1) is 12.3 Å². The van der Waals surface area contributed by atoms with Crippen LogP contribution in [-0.2, 0) is 4.79 Å². The molecule has 2 heteroatoms. The molecule has 1 aliphatic carbocycles. The first kappa shape index (κ1) is 10.8. The molecule has 1 aliphatic rings. The fourth-order valence-corrected chi connectivity index (χ4v) is 1.94. The van der Waals surface area contributed by atoms with Gasteiger partial charge in [0, 0.05) is 18.9 Å². The SMILES string of the molecule is C#CCCNC(=O)C1CC1c1ccccc1. The summed E-state index contributed by atoms with van der Waals surface area (Å²) in [5.41, 5.74) is 1.26. The zero-order valence-electron chi connectivity index (χ0n) is 9.15. The van der Waals surface area contributed by atoms with E-state index >= 15 is 0 Å². The standard InChI is InChI=1S/C14H15NO/c1-2-3-9-15-14(16)13-10-12(13)11-7-5-4-6-8-11/h1,4-8,12-13H,3,9-10H2,(H,15,16). The van der Waals surface area contributed by atoms with Crippen molar-refractivity contribution in [3.05, 3.63) is 35.9 Å². The second-order valence-corrected chi connectivity index (χ2v) is 4.10. The summed E-state index contributed by atoms with van der Waals surface area (Å²) in [5.74, 6) is 3.22. The highest BCUT2D eigenvalue weighted by Crippen LogP contribution is 2.47. The van der Waals surface area contributed by atoms with Gasteiger partial charge in [-0.2, -0.15) is 0 Å². The summed E-state index contributed by atoms with van der Waals surface area (Å²) in [6.07, 6.45) is 6.69. The number of carbonyl (C=O) groups is 1. The Morgan fingerprint density at radius 3 is 2.88 bits per heavy atom. The molecule has 1 fully saturated rings. The van der Waals surface area contributed by atoms with Gasteiger partial charge < -0.3 is 5.32 Å². The van der Waals surface area contributed by atoms with Gasteiger partial charge in [0.05, 0.1) is 0 Å². The lowest BCUT2D eigenvalue weighted by Gasteiger charge is -2.02. The highest BCUT2D eigenvalue weighted by atomic mass is 16.2. The van der Waals surface area contributed by atoms with Gasteiger partial charge >= 0.3 is 0 Å². The van der Waals surface area contributed by atoms with Crippen LogP contribution in [0.25, 0.3) is 0 Å². The second kappa shape index (κ2) is 4.85. The maximum atomic E-state index is 11.7. The van der Waals surface area contributed by atoms with Crippen molar-refractivity contribution in [2.45, 2.75) is 18.8 Å². The summed E-state index contributed by atoms with van der Waals surface area (Å²) < 4.78 is 0. The van der Waals surface area contributed by atoms with Crippen LogP contribution < -0.4 is 5.32 Å². The smallest absolute Gasteiger partial charge is 0.223 e. The van der Waals surface area contributed by atoms with Gasteiger partial charge in [0.15, 0.2) is 0 Å². The predicted octanol–water partition coefficient (Wildman–Crippen LogP) is 1.93. The summed E-state index contributed by atoms with van der Waals surface area (Å²) in [5, 5.41) is 2.86. The molecule has 82 valence electrons. The number of hydrogen-bond donors (Lipinski definition) is 1. The average molecular weight is 213 g/mol. The van der Waals surface area contributed by atoms with Gasteiger partial charge in [-0.05, 0) is 17.9 Å². The third-order valence-corrected chi connectivity index (χ3v) is 2.92. The Balaban J connectivity index is 1.83. The molecule has 0 aromatic heterocycles. The van der Waals surface area contributed by atoms with Gasteiger partial charge in [-0.1, -0.05) is 30.3 Å². The van der Waals surface area contributed by atoms with Crippen molar-refractivity contribution in [1.82, 2.24) is 5.32 Å². The monoisotopic (exact) mass is 213 g/mol. The summed E-state index contributed by atoms with van der Waals surface area (Å²) in [7, 11) is 0. The van der Waals surface area contributed by atoms with E-state index in [1.165, 1.54) is 5.56 Å². The molecule has 0 bridgehead atoms. The number of rotatable bonds is 4. The zero-order chi connectivity index (χ0) is 11.4. The Hall–Kier alpha value is -1.75. The molecule has 1 saturated carbocycles. The lowest BCUT2D eigenvalue weighted by Crippen LogP contribution is -2.26. The summed E-state index contributed by atoms with van der Waals surface area (Å²) in [4.78, 5) is 11.7. The fraction of sp³-hybridized carbons (Fsp3) is 0.357. The van der Waals surface area contributed by atoms with E-state index in [1.807, 2.05) is 18.2 Å². The van der Waals surface area contributed by atoms with Crippen LogP contribution in [0.4, 0.5) is 0 Å². The van der Waals surface area contributed by atoms with Crippen molar-refractivity contribution in [3.63, 3.8) is 0 Å². The molecule has 1 amide bonds. The van der Waals surface area contributed by atoms with Crippen molar-refractivity contribution in [1.29, 1.82) is 0 Å². The predicted molar refractivity (Wildman–Crippen MR) is 63.7 cm³/mol. The van der Waals surface area contributed by atoms with Gasteiger partial charge in [0.25, 0.3) is 0 Å². The lowest BCUT2D eigenvalue weighted by atomic mass is 10.1. The lowest BCUT2D eigenvalue weighted by molar-refractivity contribution is -0.122. The van der Waals surface area contributed by atoms with Gasteiger partial charge in [-0.25, -0.2) is 0 Å². The molecule has 0 heterocycles. The molecule has 1 N–H and O–H groups in total. The van der Waals surface area contributed by atoms with Crippen LogP contribution in [0.5, 0.6) is 0 Å². The van der Waals surface area contributed by atoms with E-state index in [1.54, 1.807) is 0 Å². The van der Waals surface area contributed by atoms with Crippen LogP contribution in [0.1, 0.15) is 24.3 Å². The molecule has 2 atom stereocenters. The topological polar surface area (TPSA) is 29.1 Å². The van der Waals surface area contributed by atoms with E-state index in [9.17, 15) is 4.79 Å². The van der Waals surface area contributed by atoms with Crippen LogP contribution in [-0.4, -0.2) is 12.5 Å². The van der Waals surface area contributed by atoms with E-state index in [-0.39, 0.29) is 11.8 Å². The molecular formula is C14H15NO. The summed E-state index contributed by atoms with van der Waals surface area (Å²) in [6, 6.07) is 10.2. The van der Waals surface area contributed by atoms with Crippen molar-refractivity contribution in [2.24, 2.45) is 5.92 Å². The van der Waals surface area contributed by atoms with Crippen LogP contribution in [0.15, 0.2) is 30.3 Å². The van der Waals surface area contributed by atoms with E-state index in [0.29, 0.717) is 18.9 Å². The molecule has 1 aromatic carbocycles. The molecule has 2 rings (SSSR count). The highest BCUT2D eigenvalue weighted by molar-refractivity contribution is 5.82. The Bertz CT molecular complexity index is 404. The molecule has 0 saturated heterocycles. The summed E-state index contributed by atoms with van der Waals surface area (Å²) in [6.45, 7) is 0.591. The average Bonchev–Trinajstić information content (AvgIpc) is 3.10. The zero-order valence-corrected chi connectivity index (χ0v) is 9.15. The molecule has 0 radical (unpaired) electrons. The third kappa shape index (κ3) is 2.43. The summed E-state index contributed by atoms with van der Waals surface area (Å²) >= 11 is 0. The molecule has 1 aromatic rings. The first-order valence-electron chi connectivity index (χ1n) is 5.59. The van der Waals surface area contributed by atoms with Gasteiger partial charge in [0.1, 0.15) is 0 Å². The Labute approximate surface area is 96.1 Å². The fourth-order valence-electron chi connectivity index (χ4n) is 1.94. The maximum Gasteiger partial charge on any atom is 0.223 e. The molecule has 0 aliphatic heterocycles. The minimum Gasteiger partial charge on any atom is -0.355 e. The highest BCUT2D eigenvalue weighted by Gasteiger charge is 2.43. The molecule has 2 nitrogen and oxygen atoms in total. The van der Waals surface area contributed by atoms with Crippen molar-refractivity contribution >= 4 is 5.91 Å². The van der Waals surface area contributed by atoms with Gasteiger partial charge in [-0.3, -0.25) is 4.79 Å². The first-order valence-corrected chi connectivity index (χ1v) is 5.59. The van der Waals surface area contributed by atoms with Crippen molar-refractivity contribution in [3.8, 4) is 12.3 Å². The van der Waals surface area contributed by atoms with E-state index in [0.717, 1.165) is 6.42 Å². The number of carbonyl (C=O) groups excluding carboxylic acids is 1. The van der Waals surface area contributed by atoms with Crippen LogP contribution >= 0.6 is 0 Å². The number of benzene rings is 1. The number of terminal acetylenes is 1. The van der Waals surface area contributed by atoms with E-state index in [4.69, 9.17) is 6.42 Å². The number of hydrogen-bond acceptors (Lipinski definition) is 1. The van der Waals surface area contributed by atoms with Crippen LogP contribution in [0, 0.1) is 18.3 Å². The largest absolute Gasteiger partial charge is 0.355 e. The minimum absolute atomic E-state index is 0.143. The first-order chi connectivity index (χ1) is 7.83. The minimum atomic E-state index is 0.143. The maximum absolute atomic E-state index is 11.7. The Kier molecular flexibility index (Phi) is 3.26. The molecule has 0 spiro atoms. The quantitative estimate of drug-likeness (QED) is 0.601. The van der Waals surface area contributed by atoms with Crippen molar-refractivity contribution < 1.29 is 4.79 Å². The van der Waals surface area contributed by atoms with E-state index < -0.39 is 0 Å². The molecular weight excluding hydrogens is 198 g/mol. The third-order valence-electron chi connectivity index (χ3n) is 2.92. The Morgan fingerprint density at radius 1 is 1.44 bits per heavy atom. The number of amides is 1. The van der Waals surface area contributed by atoms with Crippen LogP contribution in [0.3, 0.4) is 0 Å². The van der Waals surface area contributed by atoms with E-state index in [2.05, 4.69) is 23.4 Å². The number of nitrogens with one attached hydrogen (secondary N) is 1. The second-order valence-electron chi connectivity index (χ2n) is 4.10.